The zero-order valence-corrected chi connectivity index (χ0v) is 7.56. The molecule has 1 aromatic carbocycles. The van der Waals surface area contributed by atoms with Crippen LogP contribution in [0, 0.1) is 15.9 Å². The summed E-state index contributed by atoms with van der Waals surface area (Å²) >= 11 is 0. The summed E-state index contributed by atoms with van der Waals surface area (Å²) in [6.45, 7) is 0. The number of carboxylic acid groups (broad SMARTS) is 1. The third kappa shape index (κ3) is 1.85. The van der Waals surface area contributed by atoms with E-state index in [1.54, 1.807) is 0 Å². The number of carboxylic acids is 1. The number of nitro groups is 1. The van der Waals surface area contributed by atoms with Crippen molar-refractivity contribution in [2.75, 3.05) is 7.11 Å². The number of benzene rings is 1. The van der Waals surface area contributed by atoms with E-state index >= 15 is 0 Å². The normalized spacial score (nSPS) is 9.73. The van der Waals surface area contributed by atoms with E-state index in [1.165, 1.54) is 0 Å². The Kier molecular flexibility index (Phi) is 2.84. The molecule has 80 valence electrons. The van der Waals surface area contributed by atoms with E-state index in [0.29, 0.717) is 0 Å². The van der Waals surface area contributed by atoms with Gasteiger partial charge < -0.3 is 9.84 Å². The van der Waals surface area contributed by atoms with Gasteiger partial charge in [-0.3, -0.25) is 10.1 Å². The number of hydrogen-bond acceptors (Lipinski definition) is 4. The molecule has 0 atom stereocenters. The van der Waals surface area contributed by atoms with Crippen LogP contribution >= 0.6 is 0 Å². The molecule has 1 rings (SSSR count). The third-order valence-corrected chi connectivity index (χ3v) is 1.71. The Labute approximate surface area is 83.0 Å². The van der Waals surface area contributed by atoms with E-state index in [2.05, 4.69) is 4.74 Å². The van der Waals surface area contributed by atoms with Crippen molar-refractivity contribution in [3.05, 3.63) is 33.6 Å². The quantitative estimate of drug-likeness (QED) is 0.608. The SMILES string of the molecule is COc1ccc(F)c([N+](=O)[O-])c1C(=O)O. The van der Waals surface area contributed by atoms with Crippen LogP contribution in [0.1, 0.15) is 10.4 Å². The molecule has 0 spiro atoms. The Bertz CT molecular complexity index is 431. The second-order valence-corrected chi connectivity index (χ2v) is 2.54. The van der Waals surface area contributed by atoms with Gasteiger partial charge in [0, 0.05) is 0 Å². The molecular weight excluding hydrogens is 209 g/mol. The van der Waals surface area contributed by atoms with Gasteiger partial charge in [0.1, 0.15) is 5.75 Å². The minimum Gasteiger partial charge on any atom is -0.496 e. The fourth-order valence-corrected chi connectivity index (χ4v) is 1.10. The molecule has 0 saturated heterocycles. The molecule has 0 heterocycles. The molecule has 1 aromatic rings. The van der Waals surface area contributed by atoms with Crippen molar-refractivity contribution in [1.29, 1.82) is 0 Å². The lowest BCUT2D eigenvalue weighted by molar-refractivity contribution is -0.387. The first-order valence-electron chi connectivity index (χ1n) is 3.73. The first kappa shape index (κ1) is 10.9. The van der Waals surface area contributed by atoms with E-state index in [4.69, 9.17) is 5.11 Å². The number of aromatic carboxylic acids is 1. The highest BCUT2D eigenvalue weighted by Gasteiger charge is 2.29. The molecule has 0 aliphatic rings. The van der Waals surface area contributed by atoms with Gasteiger partial charge in [-0.1, -0.05) is 0 Å². The summed E-state index contributed by atoms with van der Waals surface area (Å²) in [7, 11) is 1.14. The number of carbonyl (C=O) groups is 1. The van der Waals surface area contributed by atoms with Crippen LogP contribution in [0.2, 0.25) is 0 Å². The van der Waals surface area contributed by atoms with Crippen LogP contribution in [0.25, 0.3) is 0 Å². The van der Waals surface area contributed by atoms with Crippen LogP contribution in [-0.2, 0) is 0 Å². The van der Waals surface area contributed by atoms with Crippen molar-refractivity contribution >= 4 is 11.7 Å². The van der Waals surface area contributed by atoms with Gasteiger partial charge >= 0.3 is 11.7 Å². The molecule has 6 nitrogen and oxygen atoms in total. The van der Waals surface area contributed by atoms with Crippen LogP contribution in [-0.4, -0.2) is 23.1 Å². The zero-order valence-electron chi connectivity index (χ0n) is 7.56. The van der Waals surface area contributed by atoms with Crippen molar-refractivity contribution in [3.8, 4) is 5.75 Å². The molecular formula is C8H6FNO5. The number of methoxy groups -OCH3 is 1. The maximum absolute atomic E-state index is 13.0. The Balaban J connectivity index is 3.58. The fourth-order valence-electron chi connectivity index (χ4n) is 1.10. The van der Waals surface area contributed by atoms with Crippen LogP contribution in [0.4, 0.5) is 10.1 Å². The van der Waals surface area contributed by atoms with E-state index in [9.17, 15) is 19.3 Å². The van der Waals surface area contributed by atoms with Gasteiger partial charge in [0.2, 0.25) is 5.82 Å². The maximum atomic E-state index is 13.0. The summed E-state index contributed by atoms with van der Waals surface area (Å²) in [4.78, 5) is 20.1. The predicted molar refractivity (Wildman–Crippen MR) is 46.6 cm³/mol. The Morgan fingerprint density at radius 3 is 2.60 bits per heavy atom. The van der Waals surface area contributed by atoms with Crippen LogP contribution in [0.5, 0.6) is 5.75 Å². The lowest BCUT2D eigenvalue weighted by Gasteiger charge is -2.05. The van der Waals surface area contributed by atoms with Crippen LogP contribution in [0.3, 0.4) is 0 Å². The Hall–Kier alpha value is -2.18. The number of nitrogens with zero attached hydrogens (tertiary/aromatic N) is 1. The molecule has 0 aliphatic carbocycles. The monoisotopic (exact) mass is 215 g/mol. The summed E-state index contributed by atoms with van der Waals surface area (Å²) < 4.78 is 17.6. The van der Waals surface area contributed by atoms with Gasteiger partial charge in [-0.25, -0.2) is 4.79 Å². The van der Waals surface area contributed by atoms with Gasteiger partial charge in [0.05, 0.1) is 12.0 Å². The number of nitro benzene ring substituents is 1. The van der Waals surface area contributed by atoms with Gasteiger partial charge in [0.15, 0.2) is 5.56 Å². The highest BCUT2D eigenvalue weighted by atomic mass is 19.1. The largest absolute Gasteiger partial charge is 0.496 e. The van der Waals surface area contributed by atoms with Gasteiger partial charge in [0.25, 0.3) is 0 Å². The minimum absolute atomic E-state index is 0.254. The second kappa shape index (κ2) is 3.91. The molecule has 0 bridgehead atoms. The second-order valence-electron chi connectivity index (χ2n) is 2.54. The topological polar surface area (TPSA) is 89.7 Å². The van der Waals surface area contributed by atoms with E-state index in [0.717, 1.165) is 19.2 Å². The van der Waals surface area contributed by atoms with E-state index in [1.807, 2.05) is 0 Å². The zero-order chi connectivity index (χ0) is 11.6. The number of hydrogen-bond donors (Lipinski definition) is 1. The summed E-state index contributed by atoms with van der Waals surface area (Å²) in [6.07, 6.45) is 0. The van der Waals surface area contributed by atoms with Crippen LogP contribution in [0.15, 0.2) is 12.1 Å². The molecule has 0 amide bonds. The minimum atomic E-state index is -1.61. The molecule has 0 saturated carbocycles. The average Bonchev–Trinajstić information content (AvgIpc) is 2.16. The van der Waals surface area contributed by atoms with Crippen molar-refractivity contribution in [2.45, 2.75) is 0 Å². The van der Waals surface area contributed by atoms with Gasteiger partial charge in [-0.15, -0.1) is 0 Å². The van der Waals surface area contributed by atoms with Crippen molar-refractivity contribution in [2.24, 2.45) is 0 Å². The number of ether oxygens (including phenoxy) is 1. The first-order chi connectivity index (χ1) is 6.99. The highest BCUT2D eigenvalue weighted by molar-refractivity contribution is 5.95. The highest BCUT2D eigenvalue weighted by Crippen LogP contribution is 2.30. The predicted octanol–water partition coefficient (Wildman–Crippen LogP) is 1.44. The Morgan fingerprint density at radius 2 is 2.20 bits per heavy atom. The molecule has 15 heavy (non-hydrogen) atoms. The molecule has 0 unspecified atom stereocenters. The Morgan fingerprint density at radius 1 is 1.60 bits per heavy atom. The van der Waals surface area contributed by atoms with Crippen molar-refractivity contribution in [3.63, 3.8) is 0 Å². The summed E-state index contributed by atoms with van der Waals surface area (Å²) in [5.74, 6) is -3.08. The molecule has 0 aromatic heterocycles. The van der Waals surface area contributed by atoms with Crippen LogP contribution < -0.4 is 4.74 Å². The van der Waals surface area contributed by atoms with Crippen molar-refractivity contribution in [1.82, 2.24) is 0 Å². The molecule has 0 radical (unpaired) electrons. The first-order valence-corrected chi connectivity index (χ1v) is 3.73. The molecule has 0 aliphatic heterocycles. The summed E-state index contributed by atoms with van der Waals surface area (Å²) in [5.41, 5.74) is -1.88. The maximum Gasteiger partial charge on any atom is 0.346 e. The smallest absolute Gasteiger partial charge is 0.346 e. The standard InChI is InChI=1S/C8H6FNO5/c1-15-5-3-2-4(9)7(10(13)14)6(5)8(11)12/h2-3H,1H3,(H,11,12). The number of halogens is 1. The lowest BCUT2D eigenvalue weighted by atomic mass is 10.1. The van der Waals surface area contributed by atoms with Gasteiger partial charge in [-0.2, -0.15) is 4.39 Å². The van der Waals surface area contributed by atoms with E-state index < -0.39 is 28.0 Å². The summed E-state index contributed by atoms with van der Waals surface area (Å²) in [6, 6.07) is 1.80. The van der Waals surface area contributed by atoms with Crippen molar-refractivity contribution < 1.29 is 24.0 Å². The third-order valence-electron chi connectivity index (χ3n) is 1.71. The van der Waals surface area contributed by atoms with E-state index in [-0.39, 0.29) is 5.75 Å². The fraction of sp³-hybridized carbons (Fsp3) is 0.125. The molecule has 7 heteroatoms. The van der Waals surface area contributed by atoms with Gasteiger partial charge in [-0.05, 0) is 12.1 Å². The molecule has 1 N–H and O–H groups in total. The molecule has 0 fully saturated rings. The average molecular weight is 215 g/mol. The number of rotatable bonds is 3. The summed E-state index contributed by atoms with van der Waals surface area (Å²) in [5, 5.41) is 19.2. The lowest BCUT2D eigenvalue weighted by Crippen LogP contribution is -2.07.